The zero-order chi connectivity index (χ0) is 47.9. The fourth-order valence-electron chi connectivity index (χ4n) is 7.46. The number of hydrogen-bond donors (Lipinski definition) is 0. The van der Waals surface area contributed by atoms with Crippen molar-refractivity contribution >= 4 is 17.9 Å². The molecule has 0 heterocycles. The summed E-state index contributed by atoms with van der Waals surface area (Å²) >= 11 is 0. The largest absolute Gasteiger partial charge is 0.462 e. The minimum Gasteiger partial charge on any atom is -0.462 e. The Balaban J connectivity index is 4.45. The quantitative estimate of drug-likeness (QED) is 0.0262. The third-order valence-corrected chi connectivity index (χ3v) is 11.6. The van der Waals surface area contributed by atoms with Crippen LogP contribution in [0.1, 0.15) is 258 Å². The van der Waals surface area contributed by atoms with Crippen molar-refractivity contribution < 1.29 is 28.6 Å². The Kier molecular flexibility index (Phi) is 51.4. The molecule has 0 aliphatic heterocycles. The summed E-state index contributed by atoms with van der Waals surface area (Å²) in [6, 6.07) is 0. The second-order valence-corrected chi connectivity index (χ2v) is 18.1. The zero-order valence-electron chi connectivity index (χ0n) is 43.2. The van der Waals surface area contributed by atoms with Crippen LogP contribution in [0.25, 0.3) is 0 Å². The molecule has 0 aromatic rings. The highest BCUT2D eigenvalue weighted by molar-refractivity contribution is 5.71. The Labute approximate surface area is 407 Å². The molecule has 1 atom stereocenters. The molecule has 66 heavy (non-hydrogen) atoms. The highest BCUT2D eigenvalue weighted by atomic mass is 16.6. The van der Waals surface area contributed by atoms with E-state index in [2.05, 4.69) is 106 Å². The van der Waals surface area contributed by atoms with Crippen molar-refractivity contribution in [3.63, 3.8) is 0 Å². The van der Waals surface area contributed by atoms with Gasteiger partial charge in [-0.05, 0) is 116 Å². The van der Waals surface area contributed by atoms with Gasteiger partial charge in [0, 0.05) is 19.3 Å². The van der Waals surface area contributed by atoms with Gasteiger partial charge < -0.3 is 14.2 Å². The second kappa shape index (κ2) is 54.2. The fraction of sp³-hybridized carbons (Fsp3) is 0.717. The molecule has 6 nitrogen and oxygen atoms in total. The van der Waals surface area contributed by atoms with Crippen LogP contribution >= 0.6 is 0 Å². The molecule has 0 N–H and O–H groups in total. The molecule has 6 heteroatoms. The van der Waals surface area contributed by atoms with Crippen molar-refractivity contribution in [1.29, 1.82) is 0 Å². The first kappa shape index (κ1) is 62.6. The summed E-state index contributed by atoms with van der Waals surface area (Å²) < 4.78 is 16.8. The SMILES string of the molecule is CC/C=C\C/C=C\C/C=C\CCCCCCCC(=O)OCC(COC(=O)CCCCCCCCC/C=C\C/C=C\CCCCC)OC(=O)CCCCCCC/C=C\C/C=C\CCCCCC. The molecule has 0 aliphatic rings. The number of hydrogen-bond acceptors (Lipinski definition) is 6. The smallest absolute Gasteiger partial charge is 0.306 e. The molecule has 0 rings (SSSR count). The van der Waals surface area contributed by atoms with Crippen LogP contribution in [0.15, 0.2) is 85.1 Å². The molecule has 0 saturated heterocycles. The maximum Gasteiger partial charge on any atom is 0.306 e. The monoisotopic (exact) mass is 919 g/mol. The van der Waals surface area contributed by atoms with Gasteiger partial charge in [-0.25, -0.2) is 0 Å². The summed E-state index contributed by atoms with van der Waals surface area (Å²) in [4.78, 5) is 38.1. The Bertz CT molecular complexity index is 1290. The van der Waals surface area contributed by atoms with Crippen LogP contribution in [0.3, 0.4) is 0 Å². The Hall–Kier alpha value is -3.41. The lowest BCUT2D eigenvalue weighted by Crippen LogP contribution is -2.30. The maximum absolute atomic E-state index is 12.8. The van der Waals surface area contributed by atoms with E-state index >= 15 is 0 Å². The van der Waals surface area contributed by atoms with E-state index in [1.807, 2.05) is 0 Å². The summed E-state index contributed by atoms with van der Waals surface area (Å²) in [5.74, 6) is -0.928. The van der Waals surface area contributed by atoms with E-state index in [-0.39, 0.29) is 31.1 Å². The number of carbonyl (C=O) groups excluding carboxylic acids is 3. The average molecular weight is 919 g/mol. The topological polar surface area (TPSA) is 78.9 Å². The van der Waals surface area contributed by atoms with E-state index in [1.165, 1.54) is 83.5 Å². The van der Waals surface area contributed by atoms with E-state index in [9.17, 15) is 14.4 Å². The summed E-state index contributed by atoms with van der Waals surface area (Å²) in [5.41, 5.74) is 0. The van der Waals surface area contributed by atoms with Crippen LogP contribution in [0.2, 0.25) is 0 Å². The molecule has 0 aromatic heterocycles. The summed E-state index contributed by atoms with van der Waals surface area (Å²) in [7, 11) is 0. The van der Waals surface area contributed by atoms with Crippen LogP contribution in [0.4, 0.5) is 0 Å². The molecule has 0 amide bonds. The number of esters is 3. The minimum absolute atomic E-state index is 0.0924. The first-order valence-electron chi connectivity index (χ1n) is 27.6. The standard InChI is InChI=1S/C60H102O6/c1-4-7-10-13-16-19-22-25-28-30-33-35-38-41-44-47-50-53-59(62)65-56-57(55-64-58(61)52-49-46-43-40-37-34-31-27-24-21-18-15-12-9-6-3)66-60(63)54-51-48-45-42-39-36-32-29-26-23-20-17-14-11-8-5-2/h9,12,16,18-21,23,25,27-29,31-32,57H,4-8,10-11,13-15,17,22,24,26,30,33-56H2,1-3H3/b12-9-,19-16-,21-18-,23-20-,28-25-,31-27-,32-29-. The number of carbonyl (C=O) groups is 3. The number of rotatable bonds is 49. The molecule has 378 valence electrons. The zero-order valence-corrected chi connectivity index (χ0v) is 43.2. The third-order valence-electron chi connectivity index (χ3n) is 11.6. The molecule has 0 spiro atoms. The molecule has 1 unspecified atom stereocenters. The van der Waals surface area contributed by atoms with Gasteiger partial charge in [0.1, 0.15) is 13.2 Å². The van der Waals surface area contributed by atoms with Crippen LogP contribution in [0.5, 0.6) is 0 Å². The average Bonchev–Trinajstić information content (AvgIpc) is 3.31. The summed E-state index contributed by atoms with van der Waals surface area (Å²) in [5, 5.41) is 0. The van der Waals surface area contributed by atoms with E-state index in [0.717, 1.165) is 135 Å². The number of allylic oxidation sites excluding steroid dienone is 14. The maximum atomic E-state index is 12.8. The highest BCUT2D eigenvalue weighted by Crippen LogP contribution is 2.14. The first-order chi connectivity index (χ1) is 32.5. The normalized spacial score (nSPS) is 12.7. The van der Waals surface area contributed by atoms with E-state index < -0.39 is 6.10 Å². The van der Waals surface area contributed by atoms with Crippen molar-refractivity contribution in [2.24, 2.45) is 0 Å². The van der Waals surface area contributed by atoms with Gasteiger partial charge in [0.2, 0.25) is 0 Å². The predicted molar refractivity (Wildman–Crippen MR) is 284 cm³/mol. The third kappa shape index (κ3) is 51.6. The number of ether oxygens (including phenoxy) is 3. The molecule has 0 aliphatic carbocycles. The molecular weight excluding hydrogens is 817 g/mol. The van der Waals surface area contributed by atoms with Crippen molar-refractivity contribution in [3.05, 3.63) is 85.1 Å². The Morgan fingerprint density at radius 2 is 0.591 bits per heavy atom. The Morgan fingerprint density at radius 3 is 0.955 bits per heavy atom. The van der Waals surface area contributed by atoms with Crippen molar-refractivity contribution in [2.75, 3.05) is 13.2 Å². The Morgan fingerprint density at radius 1 is 0.318 bits per heavy atom. The molecule has 0 saturated carbocycles. The fourth-order valence-corrected chi connectivity index (χ4v) is 7.46. The van der Waals surface area contributed by atoms with Gasteiger partial charge in [0.15, 0.2) is 6.10 Å². The highest BCUT2D eigenvalue weighted by Gasteiger charge is 2.19. The van der Waals surface area contributed by atoms with Crippen molar-refractivity contribution in [2.45, 2.75) is 264 Å². The van der Waals surface area contributed by atoms with Gasteiger partial charge in [-0.2, -0.15) is 0 Å². The van der Waals surface area contributed by atoms with E-state index in [4.69, 9.17) is 14.2 Å². The predicted octanol–water partition coefficient (Wildman–Crippen LogP) is 18.4. The minimum atomic E-state index is -0.795. The lowest BCUT2D eigenvalue weighted by molar-refractivity contribution is -0.167. The molecular formula is C60H102O6. The lowest BCUT2D eigenvalue weighted by Gasteiger charge is -2.18. The summed E-state index contributed by atoms with van der Waals surface area (Å²) in [6.45, 7) is 6.46. The van der Waals surface area contributed by atoms with Crippen molar-refractivity contribution in [1.82, 2.24) is 0 Å². The first-order valence-corrected chi connectivity index (χ1v) is 27.6. The van der Waals surface area contributed by atoms with E-state index in [0.29, 0.717) is 19.3 Å². The van der Waals surface area contributed by atoms with Gasteiger partial charge in [0.05, 0.1) is 0 Å². The lowest BCUT2D eigenvalue weighted by atomic mass is 10.1. The molecule has 0 bridgehead atoms. The van der Waals surface area contributed by atoms with Crippen LogP contribution < -0.4 is 0 Å². The van der Waals surface area contributed by atoms with Gasteiger partial charge in [-0.1, -0.05) is 209 Å². The number of unbranched alkanes of at least 4 members (excludes halogenated alkanes) is 24. The molecule has 0 fully saturated rings. The van der Waals surface area contributed by atoms with E-state index in [1.54, 1.807) is 0 Å². The van der Waals surface area contributed by atoms with Gasteiger partial charge >= 0.3 is 17.9 Å². The second-order valence-electron chi connectivity index (χ2n) is 18.1. The van der Waals surface area contributed by atoms with Gasteiger partial charge in [-0.3, -0.25) is 14.4 Å². The molecule has 0 radical (unpaired) electrons. The summed E-state index contributed by atoms with van der Waals surface area (Å²) in [6.07, 6.45) is 69.9. The van der Waals surface area contributed by atoms with Crippen LogP contribution in [-0.4, -0.2) is 37.2 Å². The van der Waals surface area contributed by atoms with Gasteiger partial charge in [0.25, 0.3) is 0 Å². The van der Waals surface area contributed by atoms with Crippen LogP contribution in [0, 0.1) is 0 Å². The molecule has 0 aromatic carbocycles. The van der Waals surface area contributed by atoms with Gasteiger partial charge in [-0.15, -0.1) is 0 Å². The van der Waals surface area contributed by atoms with Crippen LogP contribution in [-0.2, 0) is 28.6 Å². The van der Waals surface area contributed by atoms with Crippen molar-refractivity contribution in [3.8, 4) is 0 Å².